The van der Waals surface area contributed by atoms with Crippen molar-refractivity contribution in [2.24, 2.45) is 0 Å². The highest BCUT2D eigenvalue weighted by molar-refractivity contribution is 5.66. The molecule has 134 valence electrons. The van der Waals surface area contributed by atoms with Crippen molar-refractivity contribution >= 4 is 5.97 Å². The van der Waals surface area contributed by atoms with Crippen molar-refractivity contribution in [2.45, 2.75) is 31.8 Å². The van der Waals surface area contributed by atoms with Gasteiger partial charge in [-0.3, -0.25) is 4.79 Å². The normalized spacial score (nSPS) is 11.8. The summed E-state index contributed by atoms with van der Waals surface area (Å²) >= 11 is 0. The lowest BCUT2D eigenvalue weighted by molar-refractivity contribution is -0.137. The Morgan fingerprint density at radius 2 is 1.68 bits per heavy atom. The van der Waals surface area contributed by atoms with Gasteiger partial charge in [0.1, 0.15) is 11.5 Å². The molecule has 0 bridgehead atoms. The summed E-state index contributed by atoms with van der Waals surface area (Å²) in [4.78, 5) is 10.9. The average molecular weight is 343 g/mol. The van der Waals surface area contributed by atoms with Gasteiger partial charge in [-0.25, -0.2) is 0 Å². The Labute approximate surface area is 148 Å². The van der Waals surface area contributed by atoms with E-state index in [0.717, 1.165) is 23.5 Å². The first-order valence-electron chi connectivity index (χ1n) is 8.31. The number of ether oxygens (including phenoxy) is 2. The Morgan fingerprint density at radius 3 is 2.24 bits per heavy atom. The molecule has 0 aliphatic rings. The molecule has 25 heavy (non-hydrogen) atoms. The van der Waals surface area contributed by atoms with Crippen LogP contribution in [0.5, 0.6) is 11.5 Å². The van der Waals surface area contributed by atoms with Gasteiger partial charge in [0.15, 0.2) is 0 Å². The van der Waals surface area contributed by atoms with E-state index in [-0.39, 0.29) is 12.5 Å². The quantitative estimate of drug-likeness (QED) is 0.693. The molecule has 0 radical (unpaired) electrons. The lowest BCUT2D eigenvalue weighted by Gasteiger charge is -2.19. The number of hydrogen-bond acceptors (Lipinski definition) is 4. The number of hydrogen-bond donors (Lipinski definition) is 2. The number of carboxylic acids is 1. The predicted molar refractivity (Wildman–Crippen MR) is 97.2 cm³/mol. The Hall–Kier alpha value is -2.53. The van der Waals surface area contributed by atoms with E-state index in [1.165, 1.54) is 5.56 Å². The smallest absolute Gasteiger partial charge is 0.303 e. The highest BCUT2D eigenvalue weighted by atomic mass is 16.5. The fourth-order valence-corrected chi connectivity index (χ4v) is 2.70. The van der Waals surface area contributed by atoms with Crippen LogP contribution in [0.15, 0.2) is 48.5 Å². The molecule has 2 N–H and O–H groups in total. The molecule has 1 unspecified atom stereocenters. The van der Waals surface area contributed by atoms with Crippen LogP contribution in [0.2, 0.25) is 0 Å². The van der Waals surface area contributed by atoms with Gasteiger partial charge in [0, 0.05) is 25.1 Å². The van der Waals surface area contributed by atoms with Crippen LogP contribution in [-0.2, 0) is 17.8 Å². The molecule has 0 heterocycles. The van der Waals surface area contributed by atoms with Crippen molar-refractivity contribution in [1.82, 2.24) is 5.32 Å². The number of carboxylic acid groups (broad SMARTS) is 1. The largest absolute Gasteiger partial charge is 0.497 e. The summed E-state index contributed by atoms with van der Waals surface area (Å²) in [5, 5.41) is 12.5. The summed E-state index contributed by atoms with van der Waals surface area (Å²) < 4.78 is 10.6. The summed E-state index contributed by atoms with van der Waals surface area (Å²) in [5.41, 5.74) is 2.22. The minimum absolute atomic E-state index is 0.0793. The summed E-state index contributed by atoms with van der Waals surface area (Å²) in [7, 11) is 3.24. The molecule has 0 aliphatic carbocycles. The number of rotatable bonds is 10. The number of benzene rings is 2. The van der Waals surface area contributed by atoms with E-state index in [2.05, 4.69) is 17.4 Å². The van der Waals surface area contributed by atoms with Crippen molar-refractivity contribution < 1.29 is 19.4 Å². The first kappa shape index (κ1) is 18.8. The number of aliphatic carboxylic acids is 1. The van der Waals surface area contributed by atoms with Crippen molar-refractivity contribution in [3.05, 3.63) is 59.7 Å². The fraction of sp³-hybridized carbons (Fsp3) is 0.350. The van der Waals surface area contributed by atoms with E-state index >= 15 is 0 Å². The molecule has 0 fully saturated rings. The van der Waals surface area contributed by atoms with Gasteiger partial charge in [-0.15, -0.1) is 0 Å². The van der Waals surface area contributed by atoms with E-state index in [9.17, 15) is 4.79 Å². The van der Waals surface area contributed by atoms with Gasteiger partial charge >= 0.3 is 5.97 Å². The number of carbonyl (C=O) groups is 1. The van der Waals surface area contributed by atoms with E-state index in [1.54, 1.807) is 14.2 Å². The molecule has 5 nitrogen and oxygen atoms in total. The molecule has 0 saturated carbocycles. The zero-order chi connectivity index (χ0) is 18.1. The molecule has 0 amide bonds. The number of methoxy groups -OCH3 is 2. The molecule has 0 aromatic heterocycles. The summed E-state index contributed by atoms with van der Waals surface area (Å²) in [6, 6.07) is 15.9. The third-order valence-corrected chi connectivity index (χ3v) is 4.04. The highest BCUT2D eigenvalue weighted by Gasteiger charge is 2.12. The predicted octanol–water partition coefficient (Wildman–Crippen LogP) is 3.27. The van der Waals surface area contributed by atoms with Gasteiger partial charge in [0.25, 0.3) is 0 Å². The van der Waals surface area contributed by atoms with Crippen LogP contribution in [0.3, 0.4) is 0 Å². The fourth-order valence-electron chi connectivity index (χ4n) is 2.70. The topological polar surface area (TPSA) is 67.8 Å². The zero-order valence-electron chi connectivity index (χ0n) is 14.7. The Bertz CT molecular complexity index is 650. The number of nitrogens with one attached hydrogen (secondary N) is 1. The van der Waals surface area contributed by atoms with Gasteiger partial charge in [-0.2, -0.15) is 0 Å². The standard InChI is InChI=1S/C20H25NO4/c1-24-18-11-16(12-19(13-18)25-2)14-21-17(8-9-20(22)23)10-15-6-4-3-5-7-15/h3-7,11-13,17,21H,8-10,14H2,1-2H3,(H,22,23). The van der Waals surface area contributed by atoms with Crippen molar-refractivity contribution in [3.8, 4) is 11.5 Å². The Morgan fingerprint density at radius 1 is 1.04 bits per heavy atom. The second kappa shape index (κ2) is 9.69. The van der Waals surface area contributed by atoms with E-state index in [1.807, 2.05) is 36.4 Å². The molecular weight excluding hydrogens is 318 g/mol. The molecule has 0 aliphatic heterocycles. The third kappa shape index (κ3) is 6.47. The maximum atomic E-state index is 10.9. The van der Waals surface area contributed by atoms with Crippen molar-refractivity contribution in [2.75, 3.05) is 14.2 Å². The van der Waals surface area contributed by atoms with Crippen LogP contribution in [0, 0.1) is 0 Å². The second-order valence-electron chi connectivity index (χ2n) is 5.92. The van der Waals surface area contributed by atoms with Gasteiger partial charge in [-0.1, -0.05) is 30.3 Å². The average Bonchev–Trinajstić information content (AvgIpc) is 2.64. The maximum Gasteiger partial charge on any atom is 0.303 e. The molecule has 2 rings (SSSR count). The molecular formula is C20H25NO4. The molecule has 1 atom stereocenters. The van der Waals surface area contributed by atoms with Gasteiger partial charge in [0.2, 0.25) is 0 Å². The van der Waals surface area contributed by atoms with E-state index in [4.69, 9.17) is 14.6 Å². The van der Waals surface area contributed by atoms with Gasteiger partial charge in [0.05, 0.1) is 14.2 Å². The lowest BCUT2D eigenvalue weighted by atomic mass is 10.0. The first-order chi connectivity index (χ1) is 12.1. The first-order valence-corrected chi connectivity index (χ1v) is 8.31. The van der Waals surface area contributed by atoms with Crippen LogP contribution in [0.4, 0.5) is 0 Å². The highest BCUT2D eigenvalue weighted by Crippen LogP contribution is 2.22. The molecule has 0 spiro atoms. The van der Waals surface area contributed by atoms with Crippen LogP contribution in [-0.4, -0.2) is 31.3 Å². The second-order valence-corrected chi connectivity index (χ2v) is 5.92. The van der Waals surface area contributed by atoms with Crippen LogP contribution >= 0.6 is 0 Å². The van der Waals surface area contributed by atoms with E-state index < -0.39 is 5.97 Å². The monoisotopic (exact) mass is 343 g/mol. The molecule has 2 aromatic carbocycles. The summed E-state index contributed by atoms with van der Waals surface area (Å²) in [6.45, 7) is 0.616. The Kier molecular flexibility index (Phi) is 7.29. The minimum Gasteiger partial charge on any atom is -0.497 e. The van der Waals surface area contributed by atoms with E-state index in [0.29, 0.717) is 13.0 Å². The third-order valence-electron chi connectivity index (χ3n) is 4.04. The van der Waals surface area contributed by atoms with Crippen molar-refractivity contribution in [3.63, 3.8) is 0 Å². The maximum absolute atomic E-state index is 10.9. The molecule has 2 aromatic rings. The molecule has 0 saturated heterocycles. The van der Waals surface area contributed by atoms with Gasteiger partial charge in [-0.05, 0) is 36.1 Å². The SMILES string of the molecule is COc1cc(CNC(CCC(=O)O)Cc2ccccc2)cc(OC)c1. The van der Waals surface area contributed by atoms with Gasteiger partial charge < -0.3 is 19.9 Å². The summed E-state index contributed by atoms with van der Waals surface area (Å²) in [5.74, 6) is 0.700. The van der Waals surface area contributed by atoms with Crippen LogP contribution in [0.1, 0.15) is 24.0 Å². The van der Waals surface area contributed by atoms with Crippen LogP contribution in [0.25, 0.3) is 0 Å². The summed E-state index contributed by atoms with van der Waals surface area (Å²) in [6.07, 6.45) is 1.51. The lowest BCUT2D eigenvalue weighted by Crippen LogP contribution is -2.31. The van der Waals surface area contributed by atoms with Crippen molar-refractivity contribution in [1.29, 1.82) is 0 Å². The Balaban J connectivity index is 2.04. The zero-order valence-corrected chi connectivity index (χ0v) is 14.7. The minimum atomic E-state index is -0.775. The molecule has 5 heteroatoms. The van der Waals surface area contributed by atoms with Crippen LogP contribution < -0.4 is 14.8 Å².